The zero-order chi connectivity index (χ0) is 15.2. The van der Waals surface area contributed by atoms with Crippen LogP contribution in [0.3, 0.4) is 0 Å². The molecule has 21 heavy (non-hydrogen) atoms. The number of carbonyl (C=O) groups is 1. The smallest absolute Gasteiger partial charge is 0.259 e. The molecule has 0 unspecified atom stereocenters. The molecule has 0 aliphatic heterocycles. The summed E-state index contributed by atoms with van der Waals surface area (Å²) in [5.74, 6) is -0.439. The molecule has 0 aliphatic rings. The van der Waals surface area contributed by atoms with Gasteiger partial charge in [-0.25, -0.2) is 4.39 Å². The molecule has 0 heterocycles. The van der Waals surface area contributed by atoms with Gasteiger partial charge < -0.3 is 15.8 Å². The summed E-state index contributed by atoms with van der Waals surface area (Å²) < 4.78 is 19.4. The molecule has 1 amide bonds. The quantitative estimate of drug-likeness (QED) is 0.868. The van der Waals surface area contributed by atoms with Crippen LogP contribution in [-0.2, 0) is 0 Å². The molecular formula is C15H14BrFN2O2. The highest BCUT2D eigenvalue weighted by Gasteiger charge is 2.15. The zero-order valence-electron chi connectivity index (χ0n) is 11.1. The van der Waals surface area contributed by atoms with E-state index >= 15 is 0 Å². The van der Waals surface area contributed by atoms with Crippen molar-refractivity contribution in [2.24, 2.45) is 5.73 Å². The van der Waals surface area contributed by atoms with Gasteiger partial charge in [0.15, 0.2) is 0 Å². The minimum atomic E-state index is -0.579. The molecule has 6 heteroatoms. The fourth-order valence-electron chi connectivity index (χ4n) is 1.72. The Labute approximate surface area is 130 Å². The first-order valence-electron chi connectivity index (χ1n) is 6.30. The summed E-state index contributed by atoms with van der Waals surface area (Å²) in [6.45, 7) is 0.855. The van der Waals surface area contributed by atoms with Gasteiger partial charge in [-0.05, 0) is 52.3 Å². The number of hydrogen-bond donors (Lipinski definition) is 2. The van der Waals surface area contributed by atoms with Crippen LogP contribution in [0.1, 0.15) is 10.4 Å². The van der Waals surface area contributed by atoms with Crippen molar-refractivity contribution in [3.8, 4) is 5.75 Å². The van der Waals surface area contributed by atoms with Crippen molar-refractivity contribution >= 4 is 27.5 Å². The highest BCUT2D eigenvalue weighted by molar-refractivity contribution is 9.10. The van der Waals surface area contributed by atoms with Crippen LogP contribution in [0.2, 0.25) is 0 Å². The highest BCUT2D eigenvalue weighted by atomic mass is 79.9. The third kappa shape index (κ3) is 4.03. The van der Waals surface area contributed by atoms with E-state index in [9.17, 15) is 9.18 Å². The van der Waals surface area contributed by atoms with Crippen LogP contribution in [-0.4, -0.2) is 19.1 Å². The zero-order valence-corrected chi connectivity index (χ0v) is 12.7. The lowest BCUT2D eigenvalue weighted by Crippen LogP contribution is -2.14. The summed E-state index contributed by atoms with van der Waals surface area (Å²) in [5, 5.41) is 2.63. The van der Waals surface area contributed by atoms with Gasteiger partial charge in [0.2, 0.25) is 0 Å². The molecule has 0 aromatic heterocycles. The van der Waals surface area contributed by atoms with Crippen molar-refractivity contribution in [3.05, 3.63) is 58.3 Å². The number of halogens is 2. The Bertz CT molecular complexity index is 612. The lowest BCUT2D eigenvalue weighted by atomic mass is 10.2. The summed E-state index contributed by atoms with van der Waals surface area (Å²) in [4.78, 5) is 12.1. The van der Waals surface area contributed by atoms with Crippen molar-refractivity contribution in [2.45, 2.75) is 0 Å². The predicted octanol–water partition coefficient (Wildman–Crippen LogP) is 3.18. The Morgan fingerprint density at radius 3 is 2.57 bits per heavy atom. The number of nitrogens with two attached hydrogens (primary N) is 1. The average Bonchev–Trinajstić information content (AvgIpc) is 2.46. The van der Waals surface area contributed by atoms with E-state index in [1.54, 1.807) is 30.3 Å². The molecule has 0 radical (unpaired) electrons. The molecular weight excluding hydrogens is 339 g/mol. The van der Waals surface area contributed by atoms with Gasteiger partial charge in [-0.3, -0.25) is 4.79 Å². The van der Waals surface area contributed by atoms with Gasteiger partial charge in [0.25, 0.3) is 5.91 Å². The number of hydrogen-bond acceptors (Lipinski definition) is 3. The second-order valence-electron chi connectivity index (χ2n) is 4.21. The van der Waals surface area contributed by atoms with E-state index in [1.165, 1.54) is 12.1 Å². The second kappa shape index (κ2) is 7.19. The Morgan fingerprint density at radius 2 is 1.95 bits per heavy atom. The van der Waals surface area contributed by atoms with Crippen LogP contribution < -0.4 is 15.8 Å². The molecule has 0 spiro atoms. The van der Waals surface area contributed by atoms with Gasteiger partial charge in [0.1, 0.15) is 18.2 Å². The first-order valence-corrected chi connectivity index (χ1v) is 7.09. The van der Waals surface area contributed by atoms with E-state index in [0.29, 0.717) is 29.1 Å². The van der Waals surface area contributed by atoms with Gasteiger partial charge in [0.05, 0.1) is 5.56 Å². The van der Waals surface area contributed by atoms with E-state index in [4.69, 9.17) is 10.5 Å². The molecule has 2 aromatic carbocycles. The lowest BCUT2D eigenvalue weighted by molar-refractivity contribution is 0.102. The number of carbonyl (C=O) groups excluding carboxylic acids is 1. The summed E-state index contributed by atoms with van der Waals surface area (Å²) in [6, 6.07) is 11.2. The number of amides is 1. The molecule has 4 nitrogen and oxygen atoms in total. The van der Waals surface area contributed by atoms with E-state index < -0.39 is 11.7 Å². The maximum Gasteiger partial charge on any atom is 0.259 e. The van der Waals surface area contributed by atoms with Crippen molar-refractivity contribution in [3.63, 3.8) is 0 Å². The first-order chi connectivity index (χ1) is 10.1. The van der Waals surface area contributed by atoms with E-state index in [-0.39, 0.29) is 5.56 Å². The SMILES string of the molecule is NCCOc1ccc(NC(=O)c2c(F)cccc2Br)cc1. The van der Waals surface area contributed by atoms with Crippen LogP contribution >= 0.6 is 15.9 Å². The molecule has 110 valence electrons. The van der Waals surface area contributed by atoms with Crippen molar-refractivity contribution in [1.82, 2.24) is 0 Å². The molecule has 0 aliphatic carbocycles. The largest absolute Gasteiger partial charge is 0.492 e. The minimum Gasteiger partial charge on any atom is -0.492 e. The third-order valence-corrected chi connectivity index (χ3v) is 3.35. The second-order valence-corrected chi connectivity index (χ2v) is 5.07. The molecule has 0 atom stereocenters. The number of ether oxygens (including phenoxy) is 1. The van der Waals surface area contributed by atoms with Crippen LogP contribution in [0.5, 0.6) is 5.75 Å². The highest BCUT2D eigenvalue weighted by Crippen LogP contribution is 2.22. The molecule has 0 bridgehead atoms. The number of anilines is 1. The van der Waals surface area contributed by atoms with Gasteiger partial charge in [-0.1, -0.05) is 6.07 Å². The van der Waals surface area contributed by atoms with Crippen LogP contribution in [0.25, 0.3) is 0 Å². The number of nitrogens with one attached hydrogen (secondary N) is 1. The molecule has 2 aromatic rings. The van der Waals surface area contributed by atoms with Gasteiger partial charge in [-0.2, -0.15) is 0 Å². The minimum absolute atomic E-state index is 0.0269. The van der Waals surface area contributed by atoms with Crippen LogP contribution in [0.15, 0.2) is 46.9 Å². The molecule has 2 rings (SSSR count). The van der Waals surface area contributed by atoms with E-state index in [2.05, 4.69) is 21.2 Å². The molecule has 3 N–H and O–H groups in total. The summed E-state index contributed by atoms with van der Waals surface area (Å²) >= 11 is 3.17. The van der Waals surface area contributed by atoms with Gasteiger partial charge >= 0.3 is 0 Å². The summed E-state index contributed by atoms with van der Waals surface area (Å²) in [5.41, 5.74) is 5.87. The Morgan fingerprint density at radius 1 is 1.24 bits per heavy atom. The van der Waals surface area contributed by atoms with Crippen LogP contribution in [0, 0.1) is 5.82 Å². The van der Waals surface area contributed by atoms with Gasteiger partial charge in [-0.15, -0.1) is 0 Å². The summed E-state index contributed by atoms with van der Waals surface area (Å²) in [7, 11) is 0. The molecule has 0 saturated heterocycles. The Kier molecular flexibility index (Phi) is 5.30. The van der Waals surface area contributed by atoms with Crippen LogP contribution in [0.4, 0.5) is 10.1 Å². The molecule has 0 saturated carbocycles. The monoisotopic (exact) mass is 352 g/mol. The maximum atomic E-state index is 13.7. The predicted molar refractivity (Wildman–Crippen MR) is 83.0 cm³/mol. The standard InChI is InChI=1S/C15H14BrFN2O2/c16-12-2-1-3-13(17)14(12)15(20)19-10-4-6-11(7-5-10)21-9-8-18/h1-7H,8-9,18H2,(H,19,20). The normalized spacial score (nSPS) is 10.2. The van der Waals surface area contributed by atoms with Crippen molar-refractivity contribution < 1.29 is 13.9 Å². The number of benzene rings is 2. The lowest BCUT2D eigenvalue weighted by Gasteiger charge is -2.09. The number of rotatable bonds is 5. The fraction of sp³-hybridized carbons (Fsp3) is 0.133. The Balaban J connectivity index is 2.09. The average molecular weight is 353 g/mol. The van der Waals surface area contributed by atoms with Crippen molar-refractivity contribution in [2.75, 3.05) is 18.5 Å². The van der Waals surface area contributed by atoms with E-state index in [0.717, 1.165) is 0 Å². The molecule has 0 fully saturated rings. The fourth-order valence-corrected chi connectivity index (χ4v) is 2.24. The first kappa shape index (κ1) is 15.5. The van der Waals surface area contributed by atoms with E-state index in [1.807, 2.05) is 0 Å². The topological polar surface area (TPSA) is 64.3 Å². The van der Waals surface area contributed by atoms with Gasteiger partial charge in [0, 0.05) is 16.7 Å². The summed E-state index contributed by atoms with van der Waals surface area (Å²) in [6.07, 6.45) is 0. The Hall–Kier alpha value is -1.92. The maximum absolute atomic E-state index is 13.7. The third-order valence-electron chi connectivity index (χ3n) is 2.69. The van der Waals surface area contributed by atoms with Crippen molar-refractivity contribution in [1.29, 1.82) is 0 Å².